The second kappa shape index (κ2) is 6.53. The highest BCUT2D eigenvalue weighted by Gasteiger charge is 2.09. The van der Waals surface area contributed by atoms with Crippen molar-refractivity contribution < 1.29 is 0 Å². The molecule has 2 aromatic rings. The second-order valence-electron chi connectivity index (χ2n) is 5.76. The Morgan fingerprint density at radius 1 is 0.810 bits per heavy atom. The van der Waals surface area contributed by atoms with Gasteiger partial charge >= 0.3 is 0 Å². The van der Waals surface area contributed by atoms with Crippen LogP contribution in [0.25, 0.3) is 0 Å². The van der Waals surface area contributed by atoms with Crippen molar-refractivity contribution in [3.05, 3.63) is 54.1 Å². The van der Waals surface area contributed by atoms with Crippen molar-refractivity contribution in [1.29, 1.82) is 0 Å². The molecule has 0 heterocycles. The van der Waals surface area contributed by atoms with Gasteiger partial charge in [0.2, 0.25) is 0 Å². The molecule has 0 spiro atoms. The Labute approximate surface area is 128 Å². The highest BCUT2D eigenvalue weighted by molar-refractivity contribution is 5.70. The van der Waals surface area contributed by atoms with Gasteiger partial charge in [-0.25, -0.2) is 0 Å². The predicted octanol–water partition coefficient (Wildman–Crippen LogP) is 3.99. The third-order valence-corrected chi connectivity index (χ3v) is 3.67. The highest BCUT2D eigenvalue weighted by Crippen LogP contribution is 2.28. The van der Waals surface area contributed by atoms with E-state index in [4.69, 9.17) is 0 Å². The average Bonchev–Trinajstić information content (AvgIpc) is 2.47. The summed E-state index contributed by atoms with van der Waals surface area (Å²) < 4.78 is 0. The Hall–Kier alpha value is -2.16. The fourth-order valence-corrected chi connectivity index (χ4v) is 2.36. The molecule has 21 heavy (non-hydrogen) atoms. The molecule has 0 aliphatic rings. The summed E-state index contributed by atoms with van der Waals surface area (Å²) in [6, 6.07) is 17.3. The van der Waals surface area contributed by atoms with Crippen LogP contribution in [0.2, 0.25) is 0 Å². The van der Waals surface area contributed by atoms with E-state index in [0.717, 1.165) is 5.69 Å². The van der Waals surface area contributed by atoms with Crippen LogP contribution in [-0.4, -0.2) is 28.2 Å². The second-order valence-corrected chi connectivity index (χ2v) is 5.76. The minimum absolute atomic E-state index is 0.266. The van der Waals surface area contributed by atoms with Gasteiger partial charge in [0, 0.05) is 39.9 Å². The molecular formula is C18H25N3. The molecule has 0 amide bonds. The first-order valence-corrected chi connectivity index (χ1v) is 7.29. The summed E-state index contributed by atoms with van der Waals surface area (Å²) in [5, 5.41) is 3.60. The van der Waals surface area contributed by atoms with Crippen molar-refractivity contribution in [3.8, 4) is 0 Å². The van der Waals surface area contributed by atoms with Gasteiger partial charge in [-0.3, -0.25) is 0 Å². The lowest BCUT2D eigenvalue weighted by atomic mass is 10.1. The zero-order chi connectivity index (χ0) is 15.4. The monoisotopic (exact) mass is 283 g/mol. The van der Waals surface area contributed by atoms with Gasteiger partial charge in [-0.15, -0.1) is 0 Å². The first-order valence-electron chi connectivity index (χ1n) is 7.29. The molecule has 2 aromatic carbocycles. The number of anilines is 3. The maximum Gasteiger partial charge on any atom is 0.0596 e. The Morgan fingerprint density at radius 3 is 2.00 bits per heavy atom. The molecule has 0 fully saturated rings. The molecule has 2 rings (SSSR count). The zero-order valence-electron chi connectivity index (χ0n) is 13.6. The summed E-state index contributed by atoms with van der Waals surface area (Å²) in [6.07, 6.45) is 0. The normalized spacial score (nSPS) is 11.9. The molecule has 1 unspecified atom stereocenters. The maximum absolute atomic E-state index is 3.60. The minimum atomic E-state index is 0.266. The standard InChI is InChI=1S/C18H25N3/c1-14(15-10-12-16(13-11-15)20(2)3)19-17-8-6-7-9-18(17)21(4)5/h6-14,19H,1-5H3. The van der Waals surface area contributed by atoms with Gasteiger partial charge in [0.05, 0.1) is 11.4 Å². The van der Waals surface area contributed by atoms with Gasteiger partial charge in [-0.2, -0.15) is 0 Å². The Balaban J connectivity index is 2.16. The number of nitrogens with one attached hydrogen (secondary N) is 1. The third kappa shape index (κ3) is 3.69. The smallest absolute Gasteiger partial charge is 0.0596 e. The SMILES string of the molecule is CC(Nc1ccccc1N(C)C)c1ccc(N(C)C)cc1. The van der Waals surface area contributed by atoms with Gasteiger partial charge in [-0.05, 0) is 36.8 Å². The Bertz CT molecular complexity index is 573. The molecule has 1 atom stereocenters. The van der Waals surface area contributed by atoms with E-state index in [2.05, 4.69) is 98.8 Å². The van der Waals surface area contributed by atoms with Crippen molar-refractivity contribution in [2.45, 2.75) is 13.0 Å². The number of para-hydroxylation sites is 2. The van der Waals surface area contributed by atoms with Gasteiger partial charge in [0.25, 0.3) is 0 Å². The molecule has 0 bridgehead atoms. The van der Waals surface area contributed by atoms with E-state index >= 15 is 0 Å². The van der Waals surface area contributed by atoms with E-state index in [0.29, 0.717) is 0 Å². The van der Waals surface area contributed by atoms with Crippen LogP contribution in [0.5, 0.6) is 0 Å². The molecule has 1 N–H and O–H groups in total. The lowest BCUT2D eigenvalue weighted by molar-refractivity contribution is 0.882. The van der Waals surface area contributed by atoms with Crippen LogP contribution in [0.1, 0.15) is 18.5 Å². The third-order valence-electron chi connectivity index (χ3n) is 3.67. The van der Waals surface area contributed by atoms with Crippen LogP contribution in [0, 0.1) is 0 Å². The highest BCUT2D eigenvalue weighted by atomic mass is 15.1. The van der Waals surface area contributed by atoms with Crippen LogP contribution < -0.4 is 15.1 Å². The molecule has 0 radical (unpaired) electrons. The topological polar surface area (TPSA) is 18.5 Å². The van der Waals surface area contributed by atoms with E-state index in [-0.39, 0.29) is 6.04 Å². The van der Waals surface area contributed by atoms with Gasteiger partial charge in [-0.1, -0.05) is 24.3 Å². The van der Waals surface area contributed by atoms with E-state index in [1.165, 1.54) is 16.9 Å². The number of rotatable bonds is 5. The van der Waals surface area contributed by atoms with Crippen molar-refractivity contribution in [1.82, 2.24) is 0 Å². The first kappa shape index (κ1) is 15.2. The van der Waals surface area contributed by atoms with Crippen LogP contribution in [-0.2, 0) is 0 Å². The van der Waals surface area contributed by atoms with Crippen LogP contribution in [0.15, 0.2) is 48.5 Å². The molecule has 3 heteroatoms. The fraction of sp³-hybridized carbons (Fsp3) is 0.333. The molecule has 3 nitrogen and oxygen atoms in total. The van der Waals surface area contributed by atoms with Crippen LogP contribution in [0.3, 0.4) is 0 Å². The summed E-state index contributed by atoms with van der Waals surface area (Å²) in [5.74, 6) is 0. The number of hydrogen-bond acceptors (Lipinski definition) is 3. The van der Waals surface area contributed by atoms with E-state index in [9.17, 15) is 0 Å². The van der Waals surface area contributed by atoms with Gasteiger partial charge in [0.1, 0.15) is 0 Å². The van der Waals surface area contributed by atoms with Gasteiger partial charge < -0.3 is 15.1 Å². The molecule has 0 aliphatic heterocycles. The van der Waals surface area contributed by atoms with E-state index in [1.807, 2.05) is 0 Å². The molecule has 112 valence electrons. The molecule has 0 aliphatic carbocycles. The molecule has 0 saturated heterocycles. The van der Waals surface area contributed by atoms with E-state index in [1.54, 1.807) is 0 Å². The molecular weight excluding hydrogens is 258 g/mol. The average molecular weight is 283 g/mol. The number of hydrogen-bond donors (Lipinski definition) is 1. The number of nitrogens with zero attached hydrogens (tertiary/aromatic N) is 2. The summed E-state index contributed by atoms with van der Waals surface area (Å²) in [4.78, 5) is 4.24. The summed E-state index contributed by atoms with van der Waals surface area (Å²) in [7, 11) is 8.25. The lowest BCUT2D eigenvalue weighted by Crippen LogP contribution is -2.14. The quantitative estimate of drug-likeness (QED) is 0.895. The zero-order valence-corrected chi connectivity index (χ0v) is 13.6. The maximum atomic E-state index is 3.60. The van der Waals surface area contributed by atoms with Gasteiger partial charge in [0.15, 0.2) is 0 Å². The largest absolute Gasteiger partial charge is 0.378 e. The minimum Gasteiger partial charge on any atom is -0.378 e. The van der Waals surface area contributed by atoms with Crippen molar-refractivity contribution in [2.24, 2.45) is 0 Å². The Morgan fingerprint density at radius 2 is 1.43 bits per heavy atom. The summed E-state index contributed by atoms with van der Waals surface area (Å²) in [6.45, 7) is 2.19. The number of benzene rings is 2. The molecule has 0 saturated carbocycles. The van der Waals surface area contributed by atoms with Crippen molar-refractivity contribution in [3.63, 3.8) is 0 Å². The fourth-order valence-electron chi connectivity index (χ4n) is 2.36. The predicted molar refractivity (Wildman–Crippen MR) is 93.6 cm³/mol. The summed E-state index contributed by atoms with van der Waals surface area (Å²) in [5.41, 5.74) is 4.87. The van der Waals surface area contributed by atoms with Crippen molar-refractivity contribution in [2.75, 3.05) is 43.3 Å². The van der Waals surface area contributed by atoms with Crippen LogP contribution >= 0.6 is 0 Å². The molecule has 0 aromatic heterocycles. The van der Waals surface area contributed by atoms with Crippen molar-refractivity contribution >= 4 is 17.1 Å². The van der Waals surface area contributed by atoms with E-state index < -0.39 is 0 Å². The lowest BCUT2D eigenvalue weighted by Gasteiger charge is -2.22. The Kier molecular flexibility index (Phi) is 4.73. The van der Waals surface area contributed by atoms with Crippen LogP contribution in [0.4, 0.5) is 17.1 Å². The summed E-state index contributed by atoms with van der Waals surface area (Å²) >= 11 is 0. The first-order chi connectivity index (χ1) is 9.99.